The van der Waals surface area contributed by atoms with Crippen LogP contribution in [0.15, 0.2) is 18.2 Å². The van der Waals surface area contributed by atoms with Gasteiger partial charge in [-0.25, -0.2) is 4.98 Å². The standard InChI is InChI=1S/C16H23N3O2S/c1-17-10-6-4-5-7-15-18-16(22-19-15)12-8-9-13(20-2)14(11-12)21-3/h8-9,11,17H,4-7,10H2,1-3H3. The number of nitrogens with one attached hydrogen (secondary N) is 1. The van der Waals surface area contributed by atoms with E-state index >= 15 is 0 Å². The number of aryl methyl sites for hydroxylation is 1. The SMILES string of the molecule is CNCCCCCc1nsc(-c2ccc(OC)c(OC)c2)n1. The first-order valence-corrected chi connectivity index (χ1v) is 8.25. The van der Waals surface area contributed by atoms with Gasteiger partial charge in [0.25, 0.3) is 0 Å². The second-order valence-corrected chi connectivity index (χ2v) is 5.75. The Bertz CT molecular complexity index is 587. The smallest absolute Gasteiger partial charge is 0.161 e. The van der Waals surface area contributed by atoms with Gasteiger partial charge >= 0.3 is 0 Å². The van der Waals surface area contributed by atoms with Gasteiger partial charge in [0.05, 0.1) is 14.2 Å². The van der Waals surface area contributed by atoms with Crippen LogP contribution >= 0.6 is 11.5 Å². The molecule has 0 unspecified atom stereocenters. The van der Waals surface area contributed by atoms with E-state index < -0.39 is 0 Å². The highest BCUT2D eigenvalue weighted by Crippen LogP contribution is 2.32. The first-order valence-electron chi connectivity index (χ1n) is 7.48. The van der Waals surface area contributed by atoms with Crippen LogP contribution < -0.4 is 14.8 Å². The summed E-state index contributed by atoms with van der Waals surface area (Å²) >= 11 is 1.43. The van der Waals surface area contributed by atoms with E-state index in [0.29, 0.717) is 5.75 Å². The van der Waals surface area contributed by atoms with Gasteiger partial charge in [0.1, 0.15) is 10.8 Å². The predicted molar refractivity (Wildman–Crippen MR) is 89.9 cm³/mol. The predicted octanol–water partition coefficient (Wildman–Crippen LogP) is 3.15. The maximum absolute atomic E-state index is 5.33. The van der Waals surface area contributed by atoms with E-state index in [0.717, 1.165) is 41.5 Å². The van der Waals surface area contributed by atoms with Gasteiger partial charge in [0.2, 0.25) is 0 Å². The summed E-state index contributed by atoms with van der Waals surface area (Å²) < 4.78 is 15.0. The highest BCUT2D eigenvalue weighted by atomic mass is 32.1. The van der Waals surface area contributed by atoms with Crippen molar-refractivity contribution in [1.29, 1.82) is 0 Å². The maximum Gasteiger partial charge on any atom is 0.161 e. The molecule has 0 aliphatic carbocycles. The monoisotopic (exact) mass is 321 g/mol. The van der Waals surface area contributed by atoms with Crippen LogP contribution in [0.1, 0.15) is 25.1 Å². The van der Waals surface area contributed by atoms with E-state index in [4.69, 9.17) is 9.47 Å². The van der Waals surface area contributed by atoms with Gasteiger partial charge in [-0.2, -0.15) is 4.37 Å². The van der Waals surface area contributed by atoms with E-state index in [-0.39, 0.29) is 0 Å². The lowest BCUT2D eigenvalue weighted by atomic mass is 10.2. The third kappa shape index (κ3) is 4.42. The number of unbranched alkanes of at least 4 members (excludes halogenated alkanes) is 2. The number of aromatic nitrogens is 2. The molecule has 1 aromatic carbocycles. The molecule has 1 aromatic heterocycles. The summed E-state index contributed by atoms with van der Waals surface area (Å²) in [6.07, 6.45) is 4.46. The largest absolute Gasteiger partial charge is 0.493 e. The van der Waals surface area contributed by atoms with Crippen molar-refractivity contribution < 1.29 is 9.47 Å². The zero-order chi connectivity index (χ0) is 15.8. The first kappa shape index (κ1) is 16.7. The zero-order valence-corrected chi connectivity index (χ0v) is 14.2. The molecule has 0 aliphatic rings. The highest BCUT2D eigenvalue weighted by Gasteiger charge is 2.10. The molecule has 0 saturated heterocycles. The lowest BCUT2D eigenvalue weighted by molar-refractivity contribution is 0.355. The fraction of sp³-hybridized carbons (Fsp3) is 0.500. The fourth-order valence-electron chi connectivity index (χ4n) is 2.20. The molecule has 0 radical (unpaired) electrons. The molecule has 0 amide bonds. The molecule has 120 valence electrons. The Labute approximate surface area is 135 Å². The van der Waals surface area contributed by atoms with Crippen molar-refractivity contribution in [2.75, 3.05) is 27.8 Å². The zero-order valence-electron chi connectivity index (χ0n) is 13.4. The molecule has 5 nitrogen and oxygen atoms in total. The number of rotatable bonds is 9. The summed E-state index contributed by atoms with van der Waals surface area (Å²) in [7, 11) is 5.25. The average Bonchev–Trinajstić information content (AvgIpc) is 3.03. The molecule has 0 bridgehead atoms. The van der Waals surface area contributed by atoms with Crippen LogP contribution in [0.5, 0.6) is 11.5 Å². The van der Waals surface area contributed by atoms with Crippen molar-refractivity contribution in [3.05, 3.63) is 24.0 Å². The van der Waals surface area contributed by atoms with Crippen molar-refractivity contribution in [3.63, 3.8) is 0 Å². The minimum absolute atomic E-state index is 0.712. The van der Waals surface area contributed by atoms with E-state index in [1.54, 1.807) is 14.2 Å². The average molecular weight is 321 g/mol. The number of hydrogen-bond donors (Lipinski definition) is 1. The van der Waals surface area contributed by atoms with Gasteiger partial charge < -0.3 is 14.8 Å². The number of benzene rings is 1. The number of methoxy groups -OCH3 is 2. The van der Waals surface area contributed by atoms with Crippen LogP contribution in [0.4, 0.5) is 0 Å². The number of ether oxygens (including phenoxy) is 2. The third-order valence-corrected chi connectivity index (χ3v) is 4.23. The summed E-state index contributed by atoms with van der Waals surface area (Å²) in [5.41, 5.74) is 1.01. The number of nitrogens with zero attached hydrogens (tertiary/aromatic N) is 2. The molecule has 1 heterocycles. The molecule has 0 saturated carbocycles. The summed E-state index contributed by atoms with van der Waals surface area (Å²) in [4.78, 5) is 4.62. The molecule has 0 spiro atoms. The summed E-state index contributed by atoms with van der Waals surface area (Å²) in [6.45, 7) is 1.07. The molecule has 1 N–H and O–H groups in total. The van der Waals surface area contributed by atoms with Gasteiger partial charge in [-0.1, -0.05) is 6.42 Å². The van der Waals surface area contributed by atoms with E-state index in [1.807, 2.05) is 25.2 Å². The van der Waals surface area contributed by atoms with Crippen molar-refractivity contribution >= 4 is 11.5 Å². The Kier molecular flexibility index (Phi) is 6.61. The molecular formula is C16H23N3O2S. The second kappa shape index (κ2) is 8.70. The number of hydrogen-bond acceptors (Lipinski definition) is 6. The highest BCUT2D eigenvalue weighted by molar-refractivity contribution is 7.09. The first-order chi connectivity index (χ1) is 10.8. The van der Waals surface area contributed by atoms with Gasteiger partial charge in [-0.3, -0.25) is 0 Å². The molecule has 2 rings (SSSR count). The van der Waals surface area contributed by atoms with Gasteiger partial charge in [0.15, 0.2) is 11.5 Å². The molecule has 0 atom stereocenters. The quantitative estimate of drug-likeness (QED) is 0.719. The van der Waals surface area contributed by atoms with E-state index in [2.05, 4.69) is 14.7 Å². The van der Waals surface area contributed by atoms with Crippen molar-refractivity contribution in [3.8, 4) is 22.1 Å². The third-order valence-electron chi connectivity index (χ3n) is 3.43. The topological polar surface area (TPSA) is 56.3 Å². The van der Waals surface area contributed by atoms with Gasteiger partial charge in [-0.15, -0.1) is 0 Å². The normalized spacial score (nSPS) is 10.7. The Morgan fingerprint density at radius 3 is 2.64 bits per heavy atom. The summed E-state index contributed by atoms with van der Waals surface area (Å²) in [5.74, 6) is 2.36. The molecule has 22 heavy (non-hydrogen) atoms. The molecule has 0 fully saturated rings. The minimum Gasteiger partial charge on any atom is -0.493 e. The lowest BCUT2D eigenvalue weighted by Gasteiger charge is -2.07. The van der Waals surface area contributed by atoms with Crippen LogP contribution in [0.25, 0.3) is 10.6 Å². The van der Waals surface area contributed by atoms with E-state index in [1.165, 1.54) is 24.4 Å². The van der Waals surface area contributed by atoms with Crippen LogP contribution in [-0.4, -0.2) is 37.2 Å². The summed E-state index contributed by atoms with van der Waals surface area (Å²) in [6, 6.07) is 5.82. The second-order valence-electron chi connectivity index (χ2n) is 5.00. The van der Waals surface area contributed by atoms with Crippen LogP contribution in [0, 0.1) is 0 Å². The van der Waals surface area contributed by atoms with Crippen LogP contribution in [-0.2, 0) is 6.42 Å². The molecular weight excluding hydrogens is 298 g/mol. The summed E-state index contributed by atoms with van der Waals surface area (Å²) in [5, 5.41) is 4.08. The Hall–Kier alpha value is -1.66. The Morgan fingerprint density at radius 2 is 1.91 bits per heavy atom. The van der Waals surface area contributed by atoms with Crippen molar-refractivity contribution in [2.45, 2.75) is 25.7 Å². The Morgan fingerprint density at radius 1 is 1.09 bits per heavy atom. The maximum atomic E-state index is 5.33. The van der Waals surface area contributed by atoms with Gasteiger partial charge in [0, 0.05) is 12.0 Å². The van der Waals surface area contributed by atoms with Crippen molar-refractivity contribution in [1.82, 2.24) is 14.7 Å². The molecule has 2 aromatic rings. The lowest BCUT2D eigenvalue weighted by Crippen LogP contribution is -2.07. The Balaban J connectivity index is 1.99. The van der Waals surface area contributed by atoms with Crippen LogP contribution in [0.2, 0.25) is 0 Å². The molecule has 0 aliphatic heterocycles. The van der Waals surface area contributed by atoms with E-state index in [9.17, 15) is 0 Å². The minimum atomic E-state index is 0.712. The van der Waals surface area contributed by atoms with Crippen molar-refractivity contribution in [2.24, 2.45) is 0 Å². The fourth-order valence-corrected chi connectivity index (χ4v) is 2.91. The van der Waals surface area contributed by atoms with Crippen LogP contribution in [0.3, 0.4) is 0 Å². The van der Waals surface area contributed by atoms with Gasteiger partial charge in [-0.05, 0) is 56.2 Å². The molecule has 6 heteroatoms.